The minimum atomic E-state index is -0.165. The second kappa shape index (κ2) is 8.54. The van der Waals surface area contributed by atoms with Gasteiger partial charge in [0.15, 0.2) is 18.0 Å². The largest absolute Gasteiger partial charge is 0.493 e. The lowest BCUT2D eigenvalue weighted by Gasteiger charge is -2.26. The van der Waals surface area contributed by atoms with E-state index in [4.69, 9.17) is 9.47 Å². The summed E-state index contributed by atoms with van der Waals surface area (Å²) in [4.78, 5) is 24.5. The average Bonchev–Trinajstić information content (AvgIpc) is 2.59. The van der Waals surface area contributed by atoms with Crippen molar-refractivity contribution in [2.24, 2.45) is 0 Å². The smallest absolute Gasteiger partial charge is 0.275 e. The topological polar surface area (TPSA) is 81.1 Å². The first kappa shape index (κ1) is 18.1. The molecule has 3 N–H and O–H groups in total. The monoisotopic (exact) mass is 336 g/mol. The summed E-state index contributed by atoms with van der Waals surface area (Å²) in [5.74, 6) is 1.17. The van der Waals surface area contributed by atoms with E-state index in [1.807, 2.05) is 19.1 Å². The molecule has 0 fully saturated rings. The lowest BCUT2D eigenvalue weighted by molar-refractivity contribution is -0.908. The van der Waals surface area contributed by atoms with Crippen LogP contribution in [0.1, 0.15) is 18.1 Å². The fourth-order valence-corrected chi connectivity index (χ4v) is 2.91. The number of fused-ring (bicyclic) bond motifs is 1. The van der Waals surface area contributed by atoms with Gasteiger partial charge in [-0.15, -0.1) is 0 Å². The highest BCUT2D eigenvalue weighted by Gasteiger charge is 2.24. The van der Waals surface area contributed by atoms with Gasteiger partial charge < -0.3 is 25.0 Å². The van der Waals surface area contributed by atoms with E-state index in [9.17, 15) is 9.59 Å². The Labute approximate surface area is 142 Å². The Hall–Kier alpha value is -2.28. The zero-order valence-electron chi connectivity index (χ0n) is 14.5. The first-order chi connectivity index (χ1) is 11.6. The highest BCUT2D eigenvalue weighted by atomic mass is 16.5. The van der Waals surface area contributed by atoms with Crippen molar-refractivity contribution in [3.05, 3.63) is 23.3 Å². The van der Waals surface area contributed by atoms with Gasteiger partial charge in [-0.2, -0.15) is 0 Å². The van der Waals surface area contributed by atoms with Crippen molar-refractivity contribution in [3.63, 3.8) is 0 Å². The number of benzene rings is 1. The molecule has 0 aromatic heterocycles. The first-order valence-corrected chi connectivity index (χ1v) is 8.18. The van der Waals surface area contributed by atoms with E-state index < -0.39 is 0 Å². The van der Waals surface area contributed by atoms with Crippen LogP contribution in [0.3, 0.4) is 0 Å². The van der Waals surface area contributed by atoms with Crippen LogP contribution < -0.4 is 25.0 Å². The maximum absolute atomic E-state index is 12.0. The van der Waals surface area contributed by atoms with Gasteiger partial charge in [-0.1, -0.05) is 0 Å². The summed E-state index contributed by atoms with van der Waals surface area (Å²) in [5.41, 5.74) is 2.41. The Bertz CT molecular complexity index is 604. The van der Waals surface area contributed by atoms with Gasteiger partial charge in [0.1, 0.15) is 6.54 Å². The summed E-state index contributed by atoms with van der Waals surface area (Å²) in [7, 11) is 3.25. The Morgan fingerprint density at radius 3 is 2.38 bits per heavy atom. The van der Waals surface area contributed by atoms with E-state index in [0.717, 1.165) is 25.3 Å². The number of carbonyl (C=O) groups excluding carboxylic acids is 2. The molecule has 0 spiro atoms. The Morgan fingerprint density at radius 2 is 1.75 bits per heavy atom. The van der Waals surface area contributed by atoms with E-state index in [0.29, 0.717) is 18.8 Å². The highest BCUT2D eigenvalue weighted by molar-refractivity contribution is 5.84. The minimum Gasteiger partial charge on any atom is -0.493 e. The number of amides is 2. The Morgan fingerprint density at radius 1 is 1.08 bits per heavy atom. The van der Waals surface area contributed by atoms with Crippen LogP contribution in [-0.4, -0.2) is 52.2 Å². The third-order valence-electron chi connectivity index (χ3n) is 4.12. The summed E-state index contributed by atoms with van der Waals surface area (Å²) in [6.07, 6.45) is 0.884. The lowest BCUT2D eigenvalue weighted by Crippen LogP contribution is -3.12. The van der Waals surface area contributed by atoms with Crippen molar-refractivity contribution in [2.75, 3.05) is 40.4 Å². The molecule has 1 aliphatic heterocycles. The van der Waals surface area contributed by atoms with Gasteiger partial charge in [-0.3, -0.25) is 9.59 Å². The van der Waals surface area contributed by atoms with Crippen molar-refractivity contribution in [2.45, 2.75) is 19.9 Å². The average molecular weight is 336 g/mol. The minimum absolute atomic E-state index is 0.0293. The fraction of sp³-hybridized carbons (Fsp3) is 0.529. The molecule has 1 unspecified atom stereocenters. The number of hydrogen-bond acceptors (Lipinski definition) is 4. The van der Waals surface area contributed by atoms with Crippen LogP contribution in [0, 0.1) is 0 Å². The molecule has 24 heavy (non-hydrogen) atoms. The Balaban J connectivity index is 1.92. The Kier molecular flexibility index (Phi) is 6.43. The predicted molar refractivity (Wildman–Crippen MR) is 89.3 cm³/mol. The molecule has 7 nitrogen and oxygen atoms in total. The highest BCUT2D eigenvalue weighted by Crippen LogP contribution is 2.31. The van der Waals surface area contributed by atoms with Crippen LogP contribution in [0.5, 0.6) is 11.5 Å². The SMILES string of the molecule is CCNC(=O)CNC(=O)C[NH+]1CCc2cc(OC)c(OC)cc2C1. The molecule has 132 valence electrons. The summed E-state index contributed by atoms with van der Waals surface area (Å²) >= 11 is 0. The predicted octanol–water partition coefficient (Wildman–Crippen LogP) is -1.10. The van der Waals surface area contributed by atoms with Gasteiger partial charge in [0.2, 0.25) is 5.91 Å². The number of quaternary nitrogens is 1. The molecule has 1 aromatic carbocycles. The van der Waals surface area contributed by atoms with Gasteiger partial charge >= 0.3 is 0 Å². The standard InChI is InChI=1S/C17H25N3O4/c1-4-18-16(21)9-19-17(22)11-20-6-5-12-7-14(23-2)15(24-3)8-13(12)10-20/h7-8H,4-6,9-11H2,1-3H3,(H,18,21)(H,19,22)/p+1. The molecule has 1 heterocycles. The number of carbonyl (C=O) groups is 2. The number of methoxy groups -OCH3 is 2. The van der Waals surface area contributed by atoms with Gasteiger partial charge in [0.25, 0.3) is 5.91 Å². The number of hydrogen-bond donors (Lipinski definition) is 3. The molecular formula is C17H26N3O4+. The quantitative estimate of drug-likeness (QED) is 0.590. The van der Waals surface area contributed by atoms with Crippen LogP contribution >= 0.6 is 0 Å². The lowest BCUT2D eigenvalue weighted by atomic mass is 9.99. The van der Waals surface area contributed by atoms with Gasteiger partial charge in [-0.05, 0) is 24.6 Å². The van der Waals surface area contributed by atoms with Crippen molar-refractivity contribution in [3.8, 4) is 11.5 Å². The van der Waals surface area contributed by atoms with Crippen LogP contribution in [0.2, 0.25) is 0 Å². The maximum atomic E-state index is 12.0. The molecule has 0 bridgehead atoms. The zero-order chi connectivity index (χ0) is 17.5. The number of rotatable bonds is 7. The van der Waals surface area contributed by atoms with Gasteiger partial charge in [0, 0.05) is 18.5 Å². The molecule has 2 rings (SSSR count). The molecule has 0 aliphatic carbocycles. The molecule has 7 heteroatoms. The van der Waals surface area contributed by atoms with Crippen molar-refractivity contribution < 1.29 is 24.0 Å². The van der Waals surface area contributed by atoms with Crippen molar-refractivity contribution in [1.29, 1.82) is 0 Å². The van der Waals surface area contributed by atoms with Crippen molar-refractivity contribution in [1.82, 2.24) is 10.6 Å². The van der Waals surface area contributed by atoms with Gasteiger partial charge in [-0.25, -0.2) is 0 Å². The van der Waals surface area contributed by atoms with Crippen LogP contribution in [0.4, 0.5) is 0 Å². The summed E-state index contributed by atoms with van der Waals surface area (Å²) in [6, 6.07) is 4.00. The van der Waals surface area contributed by atoms with Crippen LogP contribution in [0.25, 0.3) is 0 Å². The third-order valence-corrected chi connectivity index (χ3v) is 4.12. The molecule has 0 saturated heterocycles. The maximum Gasteiger partial charge on any atom is 0.275 e. The normalized spacial score (nSPS) is 16.0. The number of nitrogens with one attached hydrogen (secondary N) is 3. The molecular weight excluding hydrogens is 310 g/mol. The third kappa shape index (κ3) is 4.61. The first-order valence-electron chi connectivity index (χ1n) is 8.18. The van der Waals surface area contributed by atoms with E-state index in [2.05, 4.69) is 10.6 Å². The second-order valence-electron chi connectivity index (χ2n) is 5.81. The van der Waals surface area contributed by atoms with Crippen LogP contribution in [0.15, 0.2) is 12.1 Å². The fourth-order valence-electron chi connectivity index (χ4n) is 2.91. The molecule has 1 aromatic rings. The van der Waals surface area contributed by atoms with Crippen LogP contribution in [-0.2, 0) is 22.6 Å². The molecule has 1 aliphatic rings. The molecule has 0 saturated carbocycles. The summed E-state index contributed by atoms with van der Waals surface area (Å²) < 4.78 is 10.7. The second-order valence-corrected chi connectivity index (χ2v) is 5.81. The van der Waals surface area contributed by atoms with Crippen molar-refractivity contribution >= 4 is 11.8 Å². The van der Waals surface area contributed by atoms with E-state index in [-0.39, 0.29) is 18.4 Å². The number of ether oxygens (including phenoxy) is 2. The molecule has 2 amide bonds. The number of likely N-dealkylation sites (N-methyl/N-ethyl adjacent to an activating group) is 1. The van der Waals surface area contributed by atoms with E-state index in [1.54, 1.807) is 14.2 Å². The summed E-state index contributed by atoms with van der Waals surface area (Å²) in [6.45, 7) is 4.42. The van der Waals surface area contributed by atoms with E-state index >= 15 is 0 Å². The molecule has 1 atom stereocenters. The summed E-state index contributed by atoms with van der Waals surface area (Å²) in [5, 5.41) is 5.32. The van der Waals surface area contributed by atoms with E-state index in [1.165, 1.54) is 16.0 Å². The van der Waals surface area contributed by atoms with Gasteiger partial charge in [0.05, 0.1) is 27.3 Å². The zero-order valence-corrected chi connectivity index (χ0v) is 14.5. The molecule has 0 radical (unpaired) electrons.